The molecule has 9 heteroatoms. The molecular formula is C18H21N7O2. The number of amides is 1. The molecule has 0 unspecified atom stereocenters. The van der Waals surface area contributed by atoms with Crippen LogP contribution in [0, 0.1) is 6.92 Å². The van der Waals surface area contributed by atoms with Crippen molar-refractivity contribution in [2.45, 2.75) is 25.9 Å². The molecule has 2 N–H and O–H groups in total. The van der Waals surface area contributed by atoms with Crippen LogP contribution in [0.2, 0.25) is 0 Å². The van der Waals surface area contributed by atoms with E-state index in [1.807, 2.05) is 25.1 Å². The third-order valence-electron chi connectivity index (χ3n) is 4.34. The molecule has 4 rings (SSSR count). The zero-order valence-corrected chi connectivity index (χ0v) is 15.1. The van der Waals surface area contributed by atoms with Crippen LogP contribution in [-0.4, -0.2) is 56.3 Å². The Morgan fingerprint density at radius 3 is 3.11 bits per heavy atom. The predicted molar refractivity (Wildman–Crippen MR) is 99.2 cm³/mol. The summed E-state index contributed by atoms with van der Waals surface area (Å²) in [7, 11) is 0. The van der Waals surface area contributed by atoms with Crippen molar-refractivity contribution in [3.63, 3.8) is 0 Å². The monoisotopic (exact) mass is 367 g/mol. The zero-order valence-electron chi connectivity index (χ0n) is 15.1. The van der Waals surface area contributed by atoms with Crippen molar-refractivity contribution >= 4 is 17.5 Å². The molecule has 1 aliphatic heterocycles. The van der Waals surface area contributed by atoms with Gasteiger partial charge >= 0.3 is 0 Å². The number of aryl methyl sites for hydroxylation is 1. The van der Waals surface area contributed by atoms with Crippen molar-refractivity contribution in [2.24, 2.45) is 0 Å². The summed E-state index contributed by atoms with van der Waals surface area (Å²) in [4.78, 5) is 25.1. The van der Waals surface area contributed by atoms with Gasteiger partial charge in [-0.05, 0) is 31.9 Å². The van der Waals surface area contributed by atoms with Gasteiger partial charge in [-0.3, -0.25) is 9.78 Å². The number of carbonyl (C=O) groups excluding carboxylic acids is 1. The van der Waals surface area contributed by atoms with Crippen LogP contribution in [0.5, 0.6) is 0 Å². The summed E-state index contributed by atoms with van der Waals surface area (Å²) in [6, 6.07) is 5.56. The molecule has 3 aromatic rings. The molecule has 0 spiro atoms. The predicted octanol–water partition coefficient (Wildman–Crippen LogP) is 1.20. The molecule has 0 saturated carbocycles. The fourth-order valence-corrected chi connectivity index (χ4v) is 3.00. The van der Waals surface area contributed by atoms with Crippen molar-refractivity contribution in [2.75, 3.05) is 25.0 Å². The maximum atomic E-state index is 12.1. The number of aromatic nitrogens is 5. The number of rotatable bonds is 6. The number of nitrogens with zero attached hydrogens (tertiary/aromatic N) is 5. The van der Waals surface area contributed by atoms with Crippen molar-refractivity contribution in [3.8, 4) is 11.4 Å². The first-order valence-electron chi connectivity index (χ1n) is 8.96. The fraction of sp³-hybridized carbons (Fsp3) is 0.389. The normalized spacial score (nSPS) is 16.6. The Morgan fingerprint density at radius 2 is 2.33 bits per heavy atom. The molecule has 3 aromatic heterocycles. The van der Waals surface area contributed by atoms with Gasteiger partial charge in [-0.1, -0.05) is 0 Å². The Balaban J connectivity index is 1.47. The first-order valence-corrected chi connectivity index (χ1v) is 8.96. The van der Waals surface area contributed by atoms with Gasteiger partial charge in [0.05, 0.1) is 12.6 Å². The SMILES string of the molecule is Cc1cc(NCC(=O)NC[C@@H]2CCCO2)n2nc(-c3cccnc3)nc2n1. The van der Waals surface area contributed by atoms with Crippen molar-refractivity contribution in [1.82, 2.24) is 29.9 Å². The molecular weight excluding hydrogens is 346 g/mol. The highest BCUT2D eigenvalue weighted by Gasteiger charge is 2.16. The highest BCUT2D eigenvalue weighted by Crippen LogP contribution is 2.17. The molecule has 0 aromatic carbocycles. The van der Waals surface area contributed by atoms with E-state index >= 15 is 0 Å². The molecule has 1 atom stereocenters. The summed E-state index contributed by atoms with van der Waals surface area (Å²) in [5.41, 5.74) is 1.59. The van der Waals surface area contributed by atoms with Crippen LogP contribution in [0.4, 0.5) is 5.82 Å². The van der Waals surface area contributed by atoms with E-state index in [4.69, 9.17) is 4.74 Å². The van der Waals surface area contributed by atoms with E-state index in [2.05, 4.69) is 30.7 Å². The highest BCUT2D eigenvalue weighted by atomic mass is 16.5. The van der Waals surface area contributed by atoms with Gasteiger partial charge in [0.25, 0.3) is 5.78 Å². The lowest BCUT2D eigenvalue weighted by molar-refractivity contribution is -0.119. The van der Waals surface area contributed by atoms with Crippen LogP contribution in [0.15, 0.2) is 30.6 Å². The molecule has 1 fully saturated rings. The Morgan fingerprint density at radius 1 is 1.41 bits per heavy atom. The molecule has 140 valence electrons. The minimum absolute atomic E-state index is 0.0966. The summed E-state index contributed by atoms with van der Waals surface area (Å²) in [6.07, 6.45) is 5.57. The maximum absolute atomic E-state index is 12.1. The number of pyridine rings is 1. The van der Waals surface area contributed by atoms with E-state index < -0.39 is 0 Å². The molecule has 0 radical (unpaired) electrons. The number of hydrogen-bond donors (Lipinski definition) is 2. The number of carbonyl (C=O) groups is 1. The molecule has 9 nitrogen and oxygen atoms in total. The van der Waals surface area contributed by atoms with Gasteiger partial charge in [-0.2, -0.15) is 9.50 Å². The Bertz CT molecular complexity index is 936. The molecule has 1 aliphatic rings. The molecule has 0 aliphatic carbocycles. The Kier molecular flexibility index (Phi) is 4.93. The highest BCUT2D eigenvalue weighted by molar-refractivity contribution is 5.80. The first kappa shape index (κ1) is 17.3. The summed E-state index contributed by atoms with van der Waals surface area (Å²) in [5.74, 6) is 1.57. The lowest BCUT2D eigenvalue weighted by Crippen LogP contribution is -2.35. The third kappa shape index (κ3) is 4.03. The number of hydrogen-bond acceptors (Lipinski definition) is 7. The van der Waals surface area contributed by atoms with Crippen LogP contribution in [0.3, 0.4) is 0 Å². The van der Waals surface area contributed by atoms with Crippen molar-refractivity contribution < 1.29 is 9.53 Å². The van der Waals surface area contributed by atoms with Gasteiger partial charge in [0.2, 0.25) is 5.91 Å². The largest absolute Gasteiger partial charge is 0.376 e. The first-order chi connectivity index (χ1) is 13.2. The standard InChI is InChI=1S/C18H21N7O2/c1-12-8-15(20-11-16(26)21-10-14-5-3-7-27-14)25-18(22-12)23-17(24-25)13-4-2-6-19-9-13/h2,4,6,8-9,14,20H,3,5,7,10-11H2,1H3,(H,21,26)/t14-/m0/s1. The molecule has 27 heavy (non-hydrogen) atoms. The zero-order chi connectivity index (χ0) is 18.6. The quantitative estimate of drug-likeness (QED) is 0.674. The second-order valence-corrected chi connectivity index (χ2v) is 6.46. The lowest BCUT2D eigenvalue weighted by atomic mass is 10.2. The van der Waals surface area contributed by atoms with Crippen LogP contribution < -0.4 is 10.6 Å². The number of fused-ring (bicyclic) bond motifs is 1. The summed E-state index contributed by atoms with van der Waals surface area (Å²) < 4.78 is 7.11. The van der Waals surface area contributed by atoms with Gasteiger partial charge in [0, 0.05) is 42.9 Å². The number of ether oxygens (including phenoxy) is 1. The lowest BCUT2D eigenvalue weighted by Gasteiger charge is -2.12. The van der Waals surface area contributed by atoms with Gasteiger partial charge in [0.1, 0.15) is 5.82 Å². The van der Waals surface area contributed by atoms with E-state index in [-0.39, 0.29) is 18.6 Å². The second-order valence-electron chi connectivity index (χ2n) is 6.46. The van der Waals surface area contributed by atoms with Crippen molar-refractivity contribution in [1.29, 1.82) is 0 Å². The van der Waals surface area contributed by atoms with Crippen LogP contribution in [0.25, 0.3) is 17.2 Å². The van der Waals surface area contributed by atoms with Crippen LogP contribution in [0.1, 0.15) is 18.5 Å². The Hall–Kier alpha value is -3.07. The molecule has 1 saturated heterocycles. The van der Waals surface area contributed by atoms with E-state index in [1.54, 1.807) is 16.9 Å². The van der Waals surface area contributed by atoms with E-state index in [0.717, 1.165) is 30.7 Å². The van der Waals surface area contributed by atoms with Gasteiger partial charge in [0.15, 0.2) is 5.82 Å². The van der Waals surface area contributed by atoms with Crippen molar-refractivity contribution in [3.05, 3.63) is 36.3 Å². The number of nitrogens with one attached hydrogen (secondary N) is 2. The Labute approximate surface area is 156 Å². The fourth-order valence-electron chi connectivity index (χ4n) is 3.00. The molecule has 0 bridgehead atoms. The molecule has 4 heterocycles. The average Bonchev–Trinajstić information content (AvgIpc) is 3.34. The smallest absolute Gasteiger partial charge is 0.254 e. The van der Waals surface area contributed by atoms with E-state index in [9.17, 15) is 4.79 Å². The summed E-state index contributed by atoms with van der Waals surface area (Å²) in [6.45, 7) is 3.33. The minimum Gasteiger partial charge on any atom is -0.376 e. The summed E-state index contributed by atoms with van der Waals surface area (Å²) in [5, 5.41) is 10.5. The topological polar surface area (TPSA) is 106 Å². The van der Waals surface area contributed by atoms with Crippen LogP contribution >= 0.6 is 0 Å². The van der Waals surface area contributed by atoms with E-state index in [0.29, 0.717) is 24.0 Å². The van der Waals surface area contributed by atoms with Gasteiger partial charge in [-0.15, -0.1) is 5.10 Å². The van der Waals surface area contributed by atoms with Gasteiger partial charge in [-0.25, -0.2) is 4.98 Å². The minimum atomic E-state index is -0.0966. The van der Waals surface area contributed by atoms with E-state index in [1.165, 1.54) is 0 Å². The maximum Gasteiger partial charge on any atom is 0.254 e. The average molecular weight is 367 g/mol. The third-order valence-corrected chi connectivity index (χ3v) is 4.34. The van der Waals surface area contributed by atoms with Crippen LogP contribution in [-0.2, 0) is 9.53 Å². The number of anilines is 1. The second kappa shape index (κ2) is 7.67. The molecule has 1 amide bonds. The van der Waals surface area contributed by atoms with Gasteiger partial charge < -0.3 is 15.4 Å². The summed E-state index contributed by atoms with van der Waals surface area (Å²) >= 11 is 0.